The molecule has 5 nitrogen and oxygen atoms in total. The Morgan fingerprint density at radius 2 is 1.59 bits per heavy atom. The molecule has 0 spiro atoms. The Bertz CT molecular complexity index is 1140. The molecule has 0 atom stereocenters. The number of aromatic amines is 1. The van der Waals surface area contributed by atoms with Crippen molar-refractivity contribution in [2.24, 2.45) is 0 Å². The van der Waals surface area contributed by atoms with Crippen LogP contribution in [0.4, 0.5) is 0 Å². The van der Waals surface area contributed by atoms with Gasteiger partial charge >= 0.3 is 5.97 Å². The number of esters is 1. The number of hydrogen-bond acceptors (Lipinski definition) is 3. The highest BCUT2D eigenvalue weighted by Gasteiger charge is 2.30. The van der Waals surface area contributed by atoms with Crippen LogP contribution in [0.1, 0.15) is 80.6 Å². The molecule has 0 bridgehead atoms. The second kappa shape index (κ2) is 11.4. The molecule has 0 saturated carbocycles. The lowest BCUT2D eigenvalue weighted by Gasteiger charge is -2.25. The number of unbranched alkanes of at least 4 members (excludes halogenated alkanes) is 3. The maximum absolute atomic E-state index is 13.6. The summed E-state index contributed by atoms with van der Waals surface area (Å²) in [6.45, 7) is 10.3. The minimum atomic E-state index is -0.564. The van der Waals surface area contributed by atoms with E-state index in [0.717, 1.165) is 24.0 Å². The molecule has 3 rings (SSSR count). The first-order valence-corrected chi connectivity index (χ1v) is 12.4. The van der Waals surface area contributed by atoms with Gasteiger partial charge in [0.15, 0.2) is 5.69 Å². The number of ether oxygens (including phenoxy) is 1. The number of nitrogens with zero attached hydrogens (tertiary/aromatic N) is 1. The van der Waals surface area contributed by atoms with Gasteiger partial charge in [-0.15, -0.1) is 0 Å². The van der Waals surface area contributed by atoms with Crippen molar-refractivity contribution in [2.75, 3.05) is 6.61 Å². The van der Waals surface area contributed by atoms with Gasteiger partial charge in [-0.1, -0.05) is 80.3 Å². The van der Waals surface area contributed by atoms with E-state index in [-0.39, 0.29) is 17.9 Å². The fraction of sp³-hybridized carbons (Fsp3) is 0.448. The van der Waals surface area contributed by atoms with Crippen LogP contribution in [0.3, 0.4) is 0 Å². The van der Waals surface area contributed by atoms with E-state index < -0.39 is 11.5 Å². The molecule has 182 valence electrons. The van der Waals surface area contributed by atoms with Crippen LogP contribution >= 0.6 is 0 Å². The first-order chi connectivity index (χ1) is 16.3. The third-order valence-corrected chi connectivity index (χ3v) is 6.29. The molecule has 0 aliphatic heterocycles. The van der Waals surface area contributed by atoms with Crippen molar-refractivity contribution in [3.63, 3.8) is 0 Å². The average molecular weight is 463 g/mol. The molecular formula is C29H38N2O3. The molecule has 1 aromatic heterocycles. The van der Waals surface area contributed by atoms with E-state index >= 15 is 0 Å². The number of benzene rings is 2. The van der Waals surface area contributed by atoms with Gasteiger partial charge < -0.3 is 4.74 Å². The highest BCUT2D eigenvalue weighted by Crippen LogP contribution is 2.26. The van der Waals surface area contributed by atoms with Gasteiger partial charge in [0.2, 0.25) is 0 Å². The summed E-state index contributed by atoms with van der Waals surface area (Å²) in [5.41, 5.74) is 4.09. The van der Waals surface area contributed by atoms with Gasteiger partial charge in [0.05, 0.1) is 17.7 Å². The van der Waals surface area contributed by atoms with Crippen LogP contribution in [-0.4, -0.2) is 22.4 Å². The van der Waals surface area contributed by atoms with E-state index in [1.807, 2.05) is 26.0 Å². The maximum Gasteiger partial charge on any atom is 0.357 e. The van der Waals surface area contributed by atoms with E-state index in [1.165, 1.54) is 30.4 Å². The lowest BCUT2D eigenvalue weighted by molar-refractivity contribution is 0.0518. The number of nitrogens with one attached hydrogen (secondary N) is 1. The number of carbonyl (C=O) groups excluding carboxylic acids is 1. The summed E-state index contributed by atoms with van der Waals surface area (Å²) in [5.74, 6) is -0.511. The fourth-order valence-electron chi connectivity index (χ4n) is 4.36. The molecule has 0 aliphatic carbocycles. The van der Waals surface area contributed by atoms with Crippen LogP contribution in [0, 0.1) is 6.92 Å². The second-order valence-electron chi connectivity index (χ2n) is 9.71. The predicted molar refractivity (Wildman–Crippen MR) is 138 cm³/mol. The summed E-state index contributed by atoms with van der Waals surface area (Å²) < 4.78 is 6.86. The molecule has 0 unspecified atom stereocenters. The number of aromatic nitrogens is 2. The van der Waals surface area contributed by atoms with Crippen LogP contribution < -0.4 is 5.56 Å². The molecule has 34 heavy (non-hydrogen) atoms. The largest absolute Gasteiger partial charge is 0.461 e. The van der Waals surface area contributed by atoms with Crippen LogP contribution in [0.25, 0.3) is 11.1 Å². The number of hydrogen-bond donors (Lipinski definition) is 1. The zero-order valence-corrected chi connectivity index (χ0v) is 21.2. The Labute approximate surface area is 203 Å². The normalized spacial score (nSPS) is 11.6. The third-order valence-electron chi connectivity index (χ3n) is 6.29. The number of H-pyrrole nitrogens is 1. The minimum Gasteiger partial charge on any atom is -0.461 e. The highest BCUT2D eigenvalue weighted by molar-refractivity contribution is 5.95. The van der Waals surface area contributed by atoms with Gasteiger partial charge in [0, 0.05) is 0 Å². The lowest BCUT2D eigenvalue weighted by Crippen LogP contribution is -2.37. The summed E-state index contributed by atoms with van der Waals surface area (Å²) in [4.78, 5) is 26.4. The van der Waals surface area contributed by atoms with Gasteiger partial charge in [-0.05, 0) is 63.6 Å². The zero-order chi connectivity index (χ0) is 24.7. The van der Waals surface area contributed by atoms with Crippen LogP contribution in [0.5, 0.6) is 0 Å². The number of carbonyl (C=O) groups is 1. The van der Waals surface area contributed by atoms with Crippen LogP contribution in [0.2, 0.25) is 0 Å². The van der Waals surface area contributed by atoms with Crippen LogP contribution in [-0.2, 0) is 23.1 Å². The molecule has 0 aliphatic rings. The van der Waals surface area contributed by atoms with Gasteiger partial charge in [-0.2, -0.15) is 0 Å². The van der Waals surface area contributed by atoms with Gasteiger partial charge in [-0.3, -0.25) is 9.89 Å². The minimum absolute atomic E-state index is 0.208. The molecule has 3 aromatic rings. The Morgan fingerprint density at radius 1 is 0.941 bits per heavy atom. The molecule has 0 saturated heterocycles. The SMILES string of the molecule is CCCCCCc1ccc(-c2c(C(=O)OCC)[nH]n(C(C)(C)Cc3ccc(C)cc3)c2=O)cc1. The van der Waals surface area contributed by atoms with Crippen molar-refractivity contribution < 1.29 is 9.53 Å². The van der Waals surface area contributed by atoms with Crippen molar-refractivity contribution in [1.29, 1.82) is 0 Å². The first-order valence-electron chi connectivity index (χ1n) is 12.4. The molecular weight excluding hydrogens is 424 g/mol. The van der Waals surface area contributed by atoms with Crippen molar-refractivity contribution in [3.05, 3.63) is 81.3 Å². The van der Waals surface area contributed by atoms with Crippen LogP contribution in [0.15, 0.2) is 53.3 Å². The standard InChI is InChI=1S/C29H38N2O3/c1-6-8-9-10-11-22-16-18-24(19-17-22)25-26(28(33)34-7-2)30-31(27(25)32)29(4,5)20-23-14-12-21(3)13-15-23/h12-19,30H,6-11,20H2,1-5H3. The van der Waals surface area contributed by atoms with E-state index in [9.17, 15) is 9.59 Å². The Morgan fingerprint density at radius 3 is 2.21 bits per heavy atom. The quantitative estimate of drug-likeness (QED) is 0.264. The van der Waals surface area contributed by atoms with Gasteiger partial charge in [0.25, 0.3) is 5.56 Å². The van der Waals surface area contributed by atoms with Crippen molar-refractivity contribution in [1.82, 2.24) is 9.78 Å². The average Bonchev–Trinajstić information content (AvgIpc) is 3.17. The molecule has 0 radical (unpaired) electrons. The van der Waals surface area contributed by atoms with E-state index in [2.05, 4.69) is 55.3 Å². The predicted octanol–water partition coefficient (Wildman–Crippen LogP) is 6.43. The summed E-state index contributed by atoms with van der Waals surface area (Å²) in [6.07, 6.45) is 6.52. The molecule has 0 amide bonds. The molecule has 5 heteroatoms. The Hall–Kier alpha value is -3.08. The Kier molecular flexibility index (Phi) is 8.54. The molecule has 1 heterocycles. The number of rotatable bonds is 11. The topological polar surface area (TPSA) is 64.1 Å². The van der Waals surface area contributed by atoms with Crippen molar-refractivity contribution in [2.45, 2.75) is 78.7 Å². The summed E-state index contributed by atoms with van der Waals surface area (Å²) >= 11 is 0. The van der Waals surface area contributed by atoms with Crippen molar-refractivity contribution >= 4 is 5.97 Å². The second-order valence-corrected chi connectivity index (χ2v) is 9.71. The van der Waals surface area contributed by atoms with E-state index in [4.69, 9.17) is 4.74 Å². The monoisotopic (exact) mass is 462 g/mol. The van der Waals surface area contributed by atoms with Crippen molar-refractivity contribution in [3.8, 4) is 11.1 Å². The highest BCUT2D eigenvalue weighted by atomic mass is 16.5. The molecule has 2 aromatic carbocycles. The van der Waals surface area contributed by atoms with Gasteiger partial charge in [0.1, 0.15) is 0 Å². The summed E-state index contributed by atoms with van der Waals surface area (Å²) in [7, 11) is 0. The first kappa shape index (κ1) is 25.5. The fourth-order valence-corrected chi connectivity index (χ4v) is 4.36. The maximum atomic E-state index is 13.6. The van der Waals surface area contributed by atoms with E-state index in [1.54, 1.807) is 11.6 Å². The lowest BCUT2D eigenvalue weighted by atomic mass is 9.94. The summed E-state index contributed by atoms with van der Waals surface area (Å²) in [6, 6.07) is 16.3. The third kappa shape index (κ3) is 6.07. The zero-order valence-electron chi connectivity index (χ0n) is 21.2. The van der Waals surface area contributed by atoms with E-state index in [0.29, 0.717) is 12.0 Å². The smallest absolute Gasteiger partial charge is 0.357 e. The van der Waals surface area contributed by atoms with Gasteiger partial charge in [-0.25, -0.2) is 9.48 Å². The molecule has 0 fully saturated rings. The Balaban J connectivity index is 1.95. The molecule has 1 N–H and O–H groups in total. The number of aryl methyl sites for hydroxylation is 2. The summed E-state index contributed by atoms with van der Waals surface area (Å²) in [5, 5.41) is 3.10.